The second-order valence-corrected chi connectivity index (χ2v) is 7.82. The zero-order valence-corrected chi connectivity index (χ0v) is 14.1. The highest BCUT2D eigenvalue weighted by Crippen LogP contribution is 2.38. The SMILES string of the molecule is O=C1C2CCCN2S(=O)(=O)N1C(S)c1nnnn1-c1ccccc1. The minimum Gasteiger partial charge on any atom is -0.272 e. The van der Waals surface area contributed by atoms with Crippen molar-refractivity contribution < 1.29 is 13.2 Å². The first kappa shape index (κ1) is 15.5. The fourth-order valence-electron chi connectivity index (χ4n) is 3.10. The average molecular weight is 366 g/mol. The Morgan fingerprint density at radius 1 is 1.25 bits per heavy atom. The summed E-state index contributed by atoms with van der Waals surface area (Å²) < 4.78 is 28.7. The zero-order chi connectivity index (χ0) is 16.9. The van der Waals surface area contributed by atoms with Gasteiger partial charge < -0.3 is 0 Å². The molecule has 126 valence electrons. The maximum Gasteiger partial charge on any atom is 0.308 e. The molecule has 9 nitrogen and oxygen atoms in total. The summed E-state index contributed by atoms with van der Waals surface area (Å²) in [6, 6.07) is 8.38. The van der Waals surface area contributed by atoms with E-state index in [1.165, 1.54) is 8.99 Å². The van der Waals surface area contributed by atoms with Crippen molar-refractivity contribution in [3.63, 3.8) is 0 Å². The standard InChI is InChI=1S/C13H14N6O3S2/c20-12-10-7-4-8-17(10)24(21,22)19(12)13(23)11-14-15-16-18(11)9-5-2-1-3-6-9/h1-3,5-6,10,13,23H,4,7-8H2. The minimum absolute atomic E-state index is 0.169. The fraction of sp³-hybridized carbons (Fsp3) is 0.385. The monoisotopic (exact) mass is 366 g/mol. The summed E-state index contributed by atoms with van der Waals surface area (Å²) in [6.07, 6.45) is 1.21. The molecule has 2 atom stereocenters. The second kappa shape index (κ2) is 5.53. The highest BCUT2D eigenvalue weighted by atomic mass is 32.2. The third-order valence-electron chi connectivity index (χ3n) is 4.20. The molecular formula is C13H14N6O3S2. The van der Waals surface area contributed by atoms with E-state index >= 15 is 0 Å². The molecular weight excluding hydrogens is 352 g/mol. The summed E-state index contributed by atoms with van der Waals surface area (Å²) in [6.45, 7) is 0.347. The highest BCUT2D eigenvalue weighted by molar-refractivity contribution is 7.89. The van der Waals surface area contributed by atoms with Crippen LogP contribution < -0.4 is 0 Å². The lowest BCUT2D eigenvalue weighted by Crippen LogP contribution is -2.36. The Morgan fingerprint density at radius 3 is 2.71 bits per heavy atom. The van der Waals surface area contributed by atoms with E-state index in [1.54, 1.807) is 12.1 Å². The van der Waals surface area contributed by atoms with Crippen LogP contribution in [0.5, 0.6) is 0 Å². The number of rotatable bonds is 3. The van der Waals surface area contributed by atoms with Crippen LogP contribution in [0.3, 0.4) is 0 Å². The molecule has 2 aliphatic rings. The van der Waals surface area contributed by atoms with Crippen molar-refractivity contribution >= 4 is 28.7 Å². The molecule has 2 saturated heterocycles. The number of hydrogen-bond donors (Lipinski definition) is 1. The number of hydrogen-bond acceptors (Lipinski definition) is 7. The number of nitrogens with zero attached hydrogens (tertiary/aromatic N) is 6. The van der Waals surface area contributed by atoms with Gasteiger partial charge in [-0.2, -0.15) is 17.4 Å². The van der Waals surface area contributed by atoms with E-state index in [9.17, 15) is 13.2 Å². The molecule has 2 unspecified atom stereocenters. The van der Waals surface area contributed by atoms with Crippen LogP contribution in [0.1, 0.15) is 24.0 Å². The van der Waals surface area contributed by atoms with Crippen LogP contribution in [0.2, 0.25) is 0 Å². The molecule has 0 aliphatic carbocycles. The minimum atomic E-state index is -3.91. The number of amides is 1. The molecule has 3 heterocycles. The lowest BCUT2D eigenvalue weighted by molar-refractivity contribution is -0.128. The first-order valence-corrected chi connectivity index (χ1v) is 9.30. The van der Waals surface area contributed by atoms with Gasteiger partial charge in [0.25, 0.3) is 5.91 Å². The summed E-state index contributed by atoms with van der Waals surface area (Å²) in [5, 5.41) is 10.3. The van der Waals surface area contributed by atoms with Crippen molar-refractivity contribution in [1.29, 1.82) is 0 Å². The van der Waals surface area contributed by atoms with Crippen molar-refractivity contribution in [2.24, 2.45) is 0 Å². The van der Waals surface area contributed by atoms with E-state index in [1.807, 2.05) is 18.2 Å². The van der Waals surface area contributed by atoms with E-state index < -0.39 is 27.5 Å². The van der Waals surface area contributed by atoms with Gasteiger partial charge in [-0.1, -0.05) is 18.2 Å². The third-order valence-corrected chi connectivity index (χ3v) is 6.73. The Balaban J connectivity index is 1.74. The summed E-state index contributed by atoms with van der Waals surface area (Å²) in [7, 11) is -3.91. The van der Waals surface area contributed by atoms with Gasteiger partial charge in [0.2, 0.25) is 0 Å². The Labute approximate surface area is 143 Å². The van der Waals surface area contributed by atoms with Crippen molar-refractivity contribution in [1.82, 2.24) is 28.8 Å². The van der Waals surface area contributed by atoms with Gasteiger partial charge in [0, 0.05) is 6.54 Å². The maximum absolute atomic E-state index is 12.7. The van der Waals surface area contributed by atoms with Crippen LogP contribution in [-0.4, -0.2) is 55.7 Å². The number of carbonyl (C=O) groups excluding carboxylic acids is 1. The number of para-hydroxylation sites is 1. The van der Waals surface area contributed by atoms with E-state index in [0.717, 1.165) is 4.31 Å². The summed E-state index contributed by atoms with van der Waals surface area (Å²) in [4.78, 5) is 12.6. The van der Waals surface area contributed by atoms with Gasteiger partial charge in [0.1, 0.15) is 6.04 Å². The quantitative estimate of drug-likeness (QED) is 0.776. The number of carbonyl (C=O) groups is 1. The predicted molar refractivity (Wildman–Crippen MR) is 86.4 cm³/mol. The third kappa shape index (κ3) is 2.15. The lowest BCUT2D eigenvalue weighted by atomic mass is 10.2. The van der Waals surface area contributed by atoms with E-state index in [0.29, 0.717) is 25.1 Å². The molecule has 1 amide bonds. The van der Waals surface area contributed by atoms with Gasteiger partial charge in [0.05, 0.1) is 5.69 Å². The molecule has 2 aliphatic heterocycles. The molecule has 0 saturated carbocycles. The smallest absolute Gasteiger partial charge is 0.272 e. The molecule has 0 radical (unpaired) electrons. The number of thiol groups is 1. The Morgan fingerprint density at radius 2 is 2.00 bits per heavy atom. The van der Waals surface area contributed by atoms with Crippen molar-refractivity contribution in [3.8, 4) is 5.69 Å². The molecule has 2 aromatic rings. The summed E-state index contributed by atoms with van der Waals surface area (Å²) >= 11 is 4.35. The normalized spacial score (nSPS) is 24.3. The summed E-state index contributed by atoms with van der Waals surface area (Å²) in [5.74, 6) is -0.308. The molecule has 1 aromatic carbocycles. The second-order valence-electron chi connectivity index (χ2n) is 5.57. The molecule has 24 heavy (non-hydrogen) atoms. The van der Waals surface area contributed by atoms with Crippen molar-refractivity contribution in [2.45, 2.75) is 24.3 Å². The number of tetrazole rings is 1. The van der Waals surface area contributed by atoms with E-state index in [2.05, 4.69) is 28.2 Å². The number of benzene rings is 1. The molecule has 2 fully saturated rings. The molecule has 0 spiro atoms. The van der Waals surface area contributed by atoms with Gasteiger partial charge >= 0.3 is 10.2 Å². The fourth-order valence-corrected chi connectivity index (χ4v) is 5.53. The van der Waals surface area contributed by atoms with Gasteiger partial charge in [-0.3, -0.25) is 4.79 Å². The van der Waals surface area contributed by atoms with Crippen molar-refractivity contribution in [3.05, 3.63) is 36.2 Å². The summed E-state index contributed by atoms with van der Waals surface area (Å²) in [5.41, 5.74) is 0.654. The Kier molecular flexibility index (Phi) is 3.58. The van der Waals surface area contributed by atoms with Gasteiger partial charge in [0.15, 0.2) is 11.2 Å². The molecule has 0 bridgehead atoms. The lowest BCUT2D eigenvalue weighted by Gasteiger charge is -2.22. The highest BCUT2D eigenvalue weighted by Gasteiger charge is 2.55. The van der Waals surface area contributed by atoms with Gasteiger partial charge in [-0.15, -0.1) is 17.7 Å². The largest absolute Gasteiger partial charge is 0.308 e. The Bertz CT molecular complexity index is 884. The van der Waals surface area contributed by atoms with Crippen LogP contribution >= 0.6 is 12.6 Å². The number of fused-ring (bicyclic) bond motifs is 1. The Hall–Kier alpha value is -1.98. The van der Waals surface area contributed by atoms with Gasteiger partial charge in [-0.25, -0.2) is 4.31 Å². The molecule has 0 N–H and O–H groups in total. The molecule has 11 heteroatoms. The van der Waals surface area contributed by atoms with Crippen LogP contribution in [0, 0.1) is 0 Å². The molecule has 1 aromatic heterocycles. The first-order chi connectivity index (χ1) is 11.5. The zero-order valence-electron chi connectivity index (χ0n) is 12.4. The topological polar surface area (TPSA) is 101 Å². The van der Waals surface area contributed by atoms with E-state index in [-0.39, 0.29) is 5.82 Å². The average Bonchev–Trinajstić information content (AvgIpc) is 3.27. The molecule has 4 rings (SSSR count). The van der Waals surface area contributed by atoms with E-state index in [4.69, 9.17) is 0 Å². The van der Waals surface area contributed by atoms with Crippen LogP contribution in [0.4, 0.5) is 0 Å². The first-order valence-electron chi connectivity index (χ1n) is 7.38. The predicted octanol–water partition coefficient (Wildman–Crippen LogP) is 0.142. The van der Waals surface area contributed by atoms with Crippen LogP contribution in [-0.2, 0) is 15.0 Å². The van der Waals surface area contributed by atoms with Gasteiger partial charge in [-0.05, 0) is 35.4 Å². The maximum atomic E-state index is 12.7. The number of aromatic nitrogens is 4. The van der Waals surface area contributed by atoms with Crippen LogP contribution in [0.15, 0.2) is 30.3 Å². The van der Waals surface area contributed by atoms with Crippen LogP contribution in [0.25, 0.3) is 5.69 Å². The van der Waals surface area contributed by atoms with Crippen molar-refractivity contribution in [2.75, 3.05) is 6.54 Å².